The largest absolute Gasteiger partial charge is 0.359 e. The number of aromatic amines is 1. The van der Waals surface area contributed by atoms with Crippen molar-refractivity contribution in [3.63, 3.8) is 0 Å². The third-order valence-corrected chi connectivity index (χ3v) is 7.15. The molecule has 1 N–H and O–H groups in total. The molecule has 1 aliphatic heterocycles. The molecule has 23 heavy (non-hydrogen) atoms. The minimum atomic E-state index is -3.61. The average Bonchev–Trinajstić information content (AvgIpc) is 3.14. The summed E-state index contributed by atoms with van der Waals surface area (Å²) in [6.07, 6.45) is 1.83. The van der Waals surface area contributed by atoms with Gasteiger partial charge in [0.15, 0.2) is 15.6 Å². The van der Waals surface area contributed by atoms with Crippen molar-refractivity contribution in [3.8, 4) is 0 Å². The molecule has 2 heterocycles. The van der Waals surface area contributed by atoms with E-state index in [9.17, 15) is 17.6 Å². The van der Waals surface area contributed by atoms with Gasteiger partial charge in [-0.1, -0.05) is 6.92 Å². The van der Waals surface area contributed by atoms with Crippen LogP contribution in [0.1, 0.15) is 23.7 Å². The Bertz CT molecular complexity index is 875. The lowest BCUT2D eigenvalue weighted by molar-refractivity contribution is 0.0941. The van der Waals surface area contributed by atoms with Crippen molar-refractivity contribution in [1.29, 1.82) is 0 Å². The van der Waals surface area contributed by atoms with Gasteiger partial charge in [0, 0.05) is 29.4 Å². The minimum absolute atomic E-state index is 0.110. The van der Waals surface area contributed by atoms with Crippen LogP contribution in [-0.4, -0.2) is 54.7 Å². The standard InChI is InChI=1S/C16H19FN2O3S/c1-3-23(21,22)16(5-7-19(2)10-16)15(20)12-8-11-4-6-18-14(11)13(17)9-12/h4,6,8-9,18H,3,5,7,10H2,1-2H3. The van der Waals surface area contributed by atoms with Gasteiger partial charge in [-0.25, -0.2) is 12.8 Å². The molecule has 124 valence electrons. The van der Waals surface area contributed by atoms with Crippen LogP contribution in [0.25, 0.3) is 10.9 Å². The molecule has 5 nitrogen and oxygen atoms in total. The van der Waals surface area contributed by atoms with Gasteiger partial charge < -0.3 is 9.88 Å². The zero-order valence-electron chi connectivity index (χ0n) is 13.1. The van der Waals surface area contributed by atoms with Crippen LogP contribution in [-0.2, 0) is 9.84 Å². The Kier molecular flexibility index (Phi) is 3.80. The molecule has 1 unspecified atom stereocenters. The molecule has 0 aliphatic carbocycles. The number of aromatic nitrogens is 1. The molecule has 0 radical (unpaired) electrons. The van der Waals surface area contributed by atoms with Gasteiger partial charge in [-0.15, -0.1) is 0 Å². The number of ketones is 1. The van der Waals surface area contributed by atoms with E-state index in [0.717, 1.165) is 6.07 Å². The zero-order chi connectivity index (χ0) is 16.8. The second-order valence-corrected chi connectivity index (χ2v) is 8.70. The first-order chi connectivity index (χ1) is 10.8. The quantitative estimate of drug-likeness (QED) is 0.866. The molecular formula is C16H19FN2O3S. The Hall–Kier alpha value is -1.73. The third-order valence-electron chi connectivity index (χ3n) is 4.69. The number of hydrogen-bond acceptors (Lipinski definition) is 4. The Morgan fingerprint density at radius 1 is 1.43 bits per heavy atom. The van der Waals surface area contributed by atoms with Crippen LogP contribution >= 0.6 is 0 Å². The van der Waals surface area contributed by atoms with E-state index < -0.39 is 26.2 Å². The lowest BCUT2D eigenvalue weighted by Gasteiger charge is -2.27. The van der Waals surface area contributed by atoms with Crippen molar-refractivity contribution >= 4 is 26.5 Å². The smallest absolute Gasteiger partial charge is 0.185 e. The summed E-state index contributed by atoms with van der Waals surface area (Å²) in [6.45, 7) is 2.22. The Morgan fingerprint density at radius 3 is 2.78 bits per heavy atom. The molecule has 0 spiro atoms. The lowest BCUT2D eigenvalue weighted by atomic mass is 9.95. The first kappa shape index (κ1) is 16.1. The van der Waals surface area contributed by atoms with E-state index in [0.29, 0.717) is 17.4 Å². The van der Waals surface area contributed by atoms with Gasteiger partial charge in [0.25, 0.3) is 0 Å². The summed E-state index contributed by atoms with van der Waals surface area (Å²) in [5.41, 5.74) is 0.430. The molecule has 7 heteroatoms. The van der Waals surface area contributed by atoms with Crippen molar-refractivity contribution < 1.29 is 17.6 Å². The fraction of sp³-hybridized carbons (Fsp3) is 0.438. The van der Waals surface area contributed by atoms with Crippen LogP contribution < -0.4 is 0 Å². The lowest BCUT2D eigenvalue weighted by Crippen LogP contribution is -2.49. The van der Waals surface area contributed by atoms with Gasteiger partial charge in [-0.05, 0) is 38.2 Å². The summed E-state index contributed by atoms with van der Waals surface area (Å²) < 4.78 is 38.0. The topological polar surface area (TPSA) is 70.2 Å². The van der Waals surface area contributed by atoms with Gasteiger partial charge in [-0.3, -0.25) is 4.79 Å². The first-order valence-corrected chi connectivity index (χ1v) is 9.18. The molecule has 1 fully saturated rings. The van der Waals surface area contributed by atoms with E-state index in [-0.39, 0.29) is 24.3 Å². The highest BCUT2D eigenvalue weighted by atomic mass is 32.2. The van der Waals surface area contributed by atoms with E-state index in [1.54, 1.807) is 32.3 Å². The highest BCUT2D eigenvalue weighted by molar-refractivity contribution is 7.93. The molecule has 0 bridgehead atoms. The second kappa shape index (κ2) is 5.42. The summed E-state index contributed by atoms with van der Waals surface area (Å²) >= 11 is 0. The number of carbonyl (C=O) groups excluding carboxylic acids is 1. The first-order valence-electron chi connectivity index (χ1n) is 7.53. The number of hydrogen-bond donors (Lipinski definition) is 1. The number of nitrogens with zero attached hydrogens (tertiary/aromatic N) is 1. The highest BCUT2D eigenvalue weighted by Gasteiger charge is 2.53. The maximum Gasteiger partial charge on any atom is 0.185 e. The van der Waals surface area contributed by atoms with Crippen molar-refractivity contribution in [1.82, 2.24) is 9.88 Å². The summed E-state index contributed by atoms with van der Waals surface area (Å²) in [6, 6.07) is 4.35. The predicted molar refractivity (Wildman–Crippen MR) is 86.9 cm³/mol. The second-order valence-electron chi connectivity index (χ2n) is 6.11. The van der Waals surface area contributed by atoms with E-state index in [2.05, 4.69) is 4.98 Å². The van der Waals surface area contributed by atoms with Crippen molar-refractivity contribution in [2.45, 2.75) is 18.1 Å². The Balaban J connectivity index is 2.14. The van der Waals surface area contributed by atoms with E-state index >= 15 is 0 Å². The van der Waals surface area contributed by atoms with E-state index in [1.165, 1.54) is 0 Å². The van der Waals surface area contributed by atoms with Crippen LogP contribution in [0.4, 0.5) is 4.39 Å². The predicted octanol–water partition coefficient (Wildman–Crippen LogP) is 2.00. The number of sulfone groups is 1. The Labute approximate surface area is 134 Å². The van der Waals surface area contributed by atoms with Crippen LogP contribution in [0.5, 0.6) is 0 Å². The van der Waals surface area contributed by atoms with Crippen LogP contribution in [0.2, 0.25) is 0 Å². The third kappa shape index (κ3) is 2.38. The fourth-order valence-electron chi connectivity index (χ4n) is 3.34. The van der Waals surface area contributed by atoms with E-state index in [1.807, 2.05) is 4.90 Å². The average molecular weight is 338 g/mol. The van der Waals surface area contributed by atoms with Gasteiger partial charge in [0.1, 0.15) is 10.6 Å². The molecule has 1 aromatic carbocycles. The van der Waals surface area contributed by atoms with Crippen LogP contribution in [0.3, 0.4) is 0 Å². The van der Waals surface area contributed by atoms with Gasteiger partial charge in [0.2, 0.25) is 0 Å². The number of fused-ring (bicyclic) bond motifs is 1. The van der Waals surface area contributed by atoms with Crippen LogP contribution in [0.15, 0.2) is 24.4 Å². The van der Waals surface area contributed by atoms with Crippen LogP contribution in [0, 0.1) is 5.82 Å². The summed E-state index contributed by atoms with van der Waals surface area (Å²) in [5.74, 6) is -1.17. The number of rotatable bonds is 4. The minimum Gasteiger partial charge on any atom is -0.359 e. The maximum atomic E-state index is 14.2. The molecule has 2 aromatic rings. The number of benzene rings is 1. The van der Waals surface area contributed by atoms with Gasteiger partial charge in [0.05, 0.1) is 5.52 Å². The number of Topliss-reactive ketones (excluding diaryl/α,β-unsaturated/α-hetero) is 1. The zero-order valence-corrected chi connectivity index (χ0v) is 13.9. The van der Waals surface area contributed by atoms with Crippen molar-refractivity contribution in [2.24, 2.45) is 0 Å². The monoisotopic (exact) mass is 338 g/mol. The molecule has 3 rings (SSSR count). The fourth-order valence-corrected chi connectivity index (χ4v) is 5.12. The summed E-state index contributed by atoms with van der Waals surface area (Å²) in [7, 11) is -1.83. The number of carbonyl (C=O) groups is 1. The molecule has 1 aromatic heterocycles. The number of halogens is 1. The highest BCUT2D eigenvalue weighted by Crippen LogP contribution is 2.34. The maximum absolute atomic E-state index is 14.2. The SMILES string of the molecule is CCS(=O)(=O)C1(C(=O)c2cc(F)c3[nH]ccc3c2)CCN(C)C1. The number of nitrogens with one attached hydrogen (secondary N) is 1. The summed E-state index contributed by atoms with van der Waals surface area (Å²) in [4.78, 5) is 17.7. The van der Waals surface area contributed by atoms with Gasteiger partial charge in [-0.2, -0.15) is 0 Å². The molecular weight excluding hydrogens is 319 g/mol. The molecule has 0 saturated carbocycles. The Morgan fingerprint density at radius 2 is 2.17 bits per heavy atom. The van der Waals surface area contributed by atoms with Crippen molar-refractivity contribution in [3.05, 3.63) is 35.8 Å². The molecule has 0 amide bonds. The van der Waals surface area contributed by atoms with Gasteiger partial charge >= 0.3 is 0 Å². The summed E-state index contributed by atoms with van der Waals surface area (Å²) in [5, 5.41) is 0.559. The van der Waals surface area contributed by atoms with Crippen molar-refractivity contribution in [2.75, 3.05) is 25.9 Å². The van der Waals surface area contributed by atoms with E-state index in [4.69, 9.17) is 0 Å². The normalized spacial score (nSPS) is 22.7. The number of likely N-dealkylation sites (tertiary alicyclic amines) is 1. The molecule has 1 aliphatic rings. The molecule has 1 saturated heterocycles. The number of H-pyrrole nitrogens is 1. The molecule has 1 atom stereocenters.